The first-order valence-corrected chi connectivity index (χ1v) is 12.3. The summed E-state index contributed by atoms with van der Waals surface area (Å²) in [7, 11) is 0. The molecule has 0 unspecified atom stereocenters. The average Bonchev–Trinajstić information content (AvgIpc) is 2.86. The summed E-state index contributed by atoms with van der Waals surface area (Å²) >= 11 is 0. The van der Waals surface area contributed by atoms with Crippen LogP contribution < -0.4 is 9.47 Å². The molecular formula is C30H34O4. The predicted octanol–water partition coefficient (Wildman–Crippen LogP) is 7.59. The van der Waals surface area contributed by atoms with Crippen molar-refractivity contribution in [1.29, 1.82) is 0 Å². The van der Waals surface area contributed by atoms with E-state index in [1.54, 1.807) is 18.2 Å². The summed E-state index contributed by atoms with van der Waals surface area (Å²) in [6, 6.07) is 21.6. The Hall–Kier alpha value is -3.40. The number of aryl methyl sites for hydroxylation is 2. The van der Waals surface area contributed by atoms with E-state index in [0.717, 1.165) is 25.7 Å². The zero-order valence-electron chi connectivity index (χ0n) is 20.2. The van der Waals surface area contributed by atoms with Crippen molar-refractivity contribution >= 4 is 11.9 Å². The standard InChI is InChI=1S/C30H34O4/c1-3-5-7-10-23-14-18-27(19-15-23)33-29(31)25-12-9-13-26(22-25)30(32)34-28-20-16-24(17-21-28)11-8-6-4-2/h9,12-22H,3-8,10-11H2,1-2H3. The third kappa shape index (κ3) is 7.87. The normalized spacial score (nSPS) is 10.6. The lowest BCUT2D eigenvalue weighted by Gasteiger charge is -2.08. The molecule has 0 radical (unpaired) electrons. The maximum Gasteiger partial charge on any atom is 0.343 e. The summed E-state index contributed by atoms with van der Waals surface area (Å²) in [4.78, 5) is 25.2. The van der Waals surface area contributed by atoms with Crippen LogP contribution in [0.5, 0.6) is 11.5 Å². The maximum absolute atomic E-state index is 12.6. The van der Waals surface area contributed by atoms with Gasteiger partial charge in [-0.15, -0.1) is 0 Å². The highest BCUT2D eigenvalue weighted by molar-refractivity contribution is 5.96. The minimum Gasteiger partial charge on any atom is -0.423 e. The molecule has 3 aromatic rings. The van der Waals surface area contributed by atoms with Crippen LogP contribution in [0.4, 0.5) is 0 Å². The highest BCUT2D eigenvalue weighted by Crippen LogP contribution is 2.19. The summed E-state index contributed by atoms with van der Waals surface area (Å²) in [5.41, 5.74) is 3.06. The minimum atomic E-state index is -0.509. The van der Waals surface area contributed by atoms with Crippen molar-refractivity contribution in [2.24, 2.45) is 0 Å². The molecule has 0 aliphatic rings. The summed E-state index contributed by atoms with van der Waals surface area (Å²) < 4.78 is 11.0. The van der Waals surface area contributed by atoms with Gasteiger partial charge in [0.15, 0.2) is 0 Å². The number of esters is 2. The van der Waals surface area contributed by atoms with Gasteiger partial charge in [0.25, 0.3) is 0 Å². The summed E-state index contributed by atoms with van der Waals surface area (Å²) in [5.74, 6) is -0.0536. The highest BCUT2D eigenvalue weighted by Gasteiger charge is 2.14. The van der Waals surface area contributed by atoms with Crippen molar-refractivity contribution in [2.45, 2.75) is 65.2 Å². The summed E-state index contributed by atoms with van der Waals surface area (Å²) in [5, 5.41) is 0. The molecule has 178 valence electrons. The molecular weight excluding hydrogens is 424 g/mol. The third-order valence-corrected chi connectivity index (χ3v) is 5.74. The summed E-state index contributed by atoms with van der Waals surface area (Å²) in [6.45, 7) is 4.37. The Morgan fingerprint density at radius 3 is 1.38 bits per heavy atom. The summed E-state index contributed by atoms with van der Waals surface area (Å²) in [6.07, 6.45) is 9.14. The molecule has 0 atom stereocenters. The largest absolute Gasteiger partial charge is 0.423 e. The zero-order chi connectivity index (χ0) is 24.2. The quantitative estimate of drug-likeness (QED) is 0.159. The molecule has 0 amide bonds. The lowest BCUT2D eigenvalue weighted by atomic mass is 10.1. The SMILES string of the molecule is CCCCCc1ccc(OC(=O)c2cccc(C(=O)Oc3ccc(CCCCC)cc3)c2)cc1. The van der Waals surface area contributed by atoms with E-state index in [9.17, 15) is 9.59 Å². The molecule has 4 heteroatoms. The van der Waals surface area contributed by atoms with E-state index >= 15 is 0 Å². The van der Waals surface area contributed by atoms with Gasteiger partial charge in [-0.25, -0.2) is 9.59 Å². The lowest BCUT2D eigenvalue weighted by molar-refractivity contribution is 0.0734. The molecule has 0 fully saturated rings. The van der Waals surface area contributed by atoms with Crippen LogP contribution in [-0.2, 0) is 12.8 Å². The molecule has 0 aliphatic heterocycles. The van der Waals surface area contributed by atoms with E-state index in [2.05, 4.69) is 13.8 Å². The first-order chi connectivity index (χ1) is 16.6. The van der Waals surface area contributed by atoms with Crippen LogP contribution in [0.1, 0.15) is 84.2 Å². The van der Waals surface area contributed by atoms with Crippen molar-refractivity contribution in [3.8, 4) is 11.5 Å². The number of unbranched alkanes of at least 4 members (excludes halogenated alkanes) is 4. The fraction of sp³-hybridized carbons (Fsp3) is 0.333. The molecule has 0 saturated carbocycles. The van der Waals surface area contributed by atoms with Gasteiger partial charge in [0.05, 0.1) is 11.1 Å². The molecule has 0 aliphatic carbocycles. The maximum atomic E-state index is 12.6. The van der Waals surface area contributed by atoms with E-state index in [1.165, 1.54) is 42.9 Å². The Morgan fingerprint density at radius 2 is 1.00 bits per heavy atom. The van der Waals surface area contributed by atoms with Gasteiger partial charge in [-0.2, -0.15) is 0 Å². The molecule has 0 heterocycles. The molecule has 34 heavy (non-hydrogen) atoms. The number of benzene rings is 3. The lowest BCUT2D eigenvalue weighted by Crippen LogP contribution is -2.12. The number of hydrogen-bond donors (Lipinski definition) is 0. The zero-order valence-corrected chi connectivity index (χ0v) is 20.2. The number of rotatable bonds is 12. The van der Waals surface area contributed by atoms with Crippen molar-refractivity contribution in [3.05, 3.63) is 95.1 Å². The second-order valence-electron chi connectivity index (χ2n) is 8.56. The fourth-order valence-electron chi connectivity index (χ4n) is 3.71. The molecule has 0 spiro atoms. The van der Waals surface area contributed by atoms with Crippen LogP contribution in [0.2, 0.25) is 0 Å². The van der Waals surface area contributed by atoms with Crippen molar-refractivity contribution < 1.29 is 19.1 Å². The monoisotopic (exact) mass is 458 g/mol. The van der Waals surface area contributed by atoms with Gasteiger partial charge in [0.2, 0.25) is 0 Å². The van der Waals surface area contributed by atoms with E-state index in [-0.39, 0.29) is 0 Å². The smallest absolute Gasteiger partial charge is 0.343 e. The Bertz CT molecular complexity index is 969. The molecule has 0 saturated heterocycles. The predicted molar refractivity (Wildman–Crippen MR) is 136 cm³/mol. The van der Waals surface area contributed by atoms with E-state index in [1.807, 2.05) is 48.5 Å². The number of hydrogen-bond acceptors (Lipinski definition) is 4. The van der Waals surface area contributed by atoms with Crippen LogP contribution in [0.15, 0.2) is 72.8 Å². The Kier molecular flexibility index (Phi) is 9.90. The second kappa shape index (κ2) is 13.3. The van der Waals surface area contributed by atoms with Gasteiger partial charge < -0.3 is 9.47 Å². The fourth-order valence-corrected chi connectivity index (χ4v) is 3.71. The second-order valence-corrected chi connectivity index (χ2v) is 8.56. The number of ether oxygens (including phenoxy) is 2. The van der Waals surface area contributed by atoms with Crippen LogP contribution in [0.3, 0.4) is 0 Å². The molecule has 3 aromatic carbocycles. The minimum absolute atomic E-state index is 0.299. The van der Waals surface area contributed by atoms with Gasteiger partial charge in [0, 0.05) is 0 Å². The van der Waals surface area contributed by atoms with Gasteiger partial charge in [-0.3, -0.25) is 0 Å². The Morgan fingerprint density at radius 1 is 0.588 bits per heavy atom. The van der Waals surface area contributed by atoms with E-state index < -0.39 is 11.9 Å². The molecule has 0 aromatic heterocycles. The third-order valence-electron chi connectivity index (χ3n) is 5.74. The Labute approximate surface area is 202 Å². The van der Waals surface area contributed by atoms with E-state index in [4.69, 9.17) is 9.47 Å². The van der Waals surface area contributed by atoms with Crippen LogP contribution >= 0.6 is 0 Å². The van der Waals surface area contributed by atoms with Crippen molar-refractivity contribution in [1.82, 2.24) is 0 Å². The van der Waals surface area contributed by atoms with Gasteiger partial charge in [-0.05, 0) is 79.3 Å². The molecule has 0 bridgehead atoms. The highest BCUT2D eigenvalue weighted by atomic mass is 16.5. The molecule has 4 nitrogen and oxygen atoms in total. The molecule has 0 N–H and O–H groups in total. The van der Waals surface area contributed by atoms with Crippen LogP contribution in [0.25, 0.3) is 0 Å². The first kappa shape index (κ1) is 25.2. The van der Waals surface area contributed by atoms with Gasteiger partial charge in [0.1, 0.15) is 11.5 Å². The van der Waals surface area contributed by atoms with Crippen molar-refractivity contribution in [2.75, 3.05) is 0 Å². The van der Waals surface area contributed by atoms with E-state index in [0.29, 0.717) is 22.6 Å². The number of carbonyl (C=O) groups is 2. The van der Waals surface area contributed by atoms with Crippen LogP contribution in [0, 0.1) is 0 Å². The van der Waals surface area contributed by atoms with Gasteiger partial charge in [-0.1, -0.05) is 69.9 Å². The molecule has 3 rings (SSSR count). The number of carbonyl (C=O) groups excluding carboxylic acids is 2. The Balaban J connectivity index is 1.57. The van der Waals surface area contributed by atoms with Gasteiger partial charge >= 0.3 is 11.9 Å². The van der Waals surface area contributed by atoms with Crippen LogP contribution in [-0.4, -0.2) is 11.9 Å². The average molecular weight is 459 g/mol. The topological polar surface area (TPSA) is 52.6 Å². The van der Waals surface area contributed by atoms with Crippen molar-refractivity contribution in [3.63, 3.8) is 0 Å². The first-order valence-electron chi connectivity index (χ1n) is 12.3.